The molecule has 3 atom stereocenters. The molecule has 3 unspecified atom stereocenters. The van der Waals surface area contributed by atoms with Crippen molar-refractivity contribution in [1.82, 2.24) is 0 Å². The van der Waals surface area contributed by atoms with Crippen molar-refractivity contribution in [2.24, 2.45) is 5.92 Å². The molecule has 0 heterocycles. The molecule has 0 aromatic carbocycles. The monoisotopic (exact) mass is 302 g/mol. The highest BCUT2D eigenvalue weighted by Gasteiger charge is 2.43. The van der Waals surface area contributed by atoms with Crippen molar-refractivity contribution in [2.45, 2.75) is 19.1 Å². The van der Waals surface area contributed by atoms with Gasteiger partial charge in [0.05, 0.1) is 0 Å². The molecule has 18 heavy (non-hydrogen) atoms. The number of hydrogen-bond donors (Lipinski definition) is 4. The lowest BCUT2D eigenvalue weighted by molar-refractivity contribution is -0.136. The van der Waals surface area contributed by atoms with Crippen LogP contribution in [0.3, 0.4) is 0 Å². The van der Waals surface area contributed by atoms with E-state index in [2.05, 4.69) is 22.0 Å². The molecule has 0 radical (unpaired) electrons. The van der Waals surface area contributed by atoms with E-state index in [4.69, 9.17) is 14.7 Å². The molecule has 4 N–H and O–H groups in total. The topological polar surface area (TPSA) is 134 Å². The molecular formula is C8H16O8P2. The Morgan fingerprint density at radius 2 is 1.83 bits per heavy atom. The molecule has 8 nitrogen and oxygen atoms in total. The minimum atomic E-state index is -5.24. The molecule has 0 saturated carbocycles. The predicted molar refractivity (Wildman–Crippen MR) is 63.2 cm³/mol. The first-order chi connectivity index (χ1) is 7.99. The van der Waals surface area contributed by atoms with E-state index in [1.54, 1.807) is 6.92 Å². The van der Waals surface area contributed by atoms with Gasteiger partial charge in [0.25, 0.3) is 0 Å². The summed E-state index contributed by atoms with van der Waals surface area (Å²) in [4.78, 5) is 26.0. The number of hydrogen-bond acceptors (Lipinski definition) is 5. The molecule has 0 aromatic rings. The second-order valence-corrected chi connectivity index (χ2v) is 6.09. The van der Waals surface area contributed by atoms with E-state index in [1.807, 2.05) is 0 Å². The number of rotatable bonds is 8. The van der Waals surface area contributed by atoms with Gasteiger partial charge in [-0.05, 0) is 12.5 Å². The summed E-state index contributed by atoms with van der Waals surface area (Å²) in [5, 5.41) is 9.94. The summed E-state index contributed by atoms with van der Waals surface area (Å²) in [6, 6.07) is 0. The van der Waals surface area contributed by atoms with Gasteiger partial charge in [0.1, 0.15) is 0 Å². The summed E-state index contributed by atoms with van der Waals surface area (Å²) < 4.78 is 29.7. The van der Waals surface area contributed by atoms with Crippen LogP contribution in [-0.2, 0) is 18.0 Å². The Kier molecular flexibility index (Phi) is 6.13. The van der Waals surface area contributed by atoms with E-state index >= 15 is 0 Å². The maximum absolute atomic E-state index is 11.3. The first kappa shape index (κ1) is 17.7. The lowest BCUT2D eigenvalue weighted by atomic mass is 9.96. The number of phosphoric acid groups is 2. The highest BCUT2D eigenvalue weighted by Crippen LogP contribution is 2.60. The molecule has 0 aliphatic carbocycles. The van der Waals surface area contributed by atoms with Gasteiger partial charge in [-0.1, -0.05) is 19.6 Å². The first-order valence-corrected chi connectivity index (χ1v) is 7.81. The summed E-state index contributed by atoms with van der Waals surface area (Å²) in [6.07, 6.45) is 2.34. The molecule has 0 spiro atoms. The molecule has 0 aromatic heterocycles. The third-order valence-corrected chi connectivity index (χ3v) is 4.22. The van der Waals surface area contributed by atoms with Crippen molar-refractivity contribution in [1.29, 1.82) is 0 Å². The fourth-order valence-corrected chi connectivity index (χ4v) is 3.01. The Hall–Kier alpha value is -0.300. The lowest BCUT2D eigenvalue weighted by Crippen LogP contribution is -2.36. The Morgan fingerprint density at radius 1 is 1.33 bits per heavy atom. The second kappa shape index (κ2) is 6.23. The van der Waals surface area contributed by atoms with Gasteiger partial charge in [-0.2, -0.15) is 4.31 Å². The average molecular weight is 302 g/mol. The largest absolute Gasteiger partial charge is 0.483 e. The van der Waals surface area contributed by atoms with Gasteiger partial charge >= 0.3 is 15.6 Å². The Labute approximate surface area is 104 Å². The van der Waals surface area contributed by atoms with E-state index in [-0.39, 0.29) is 6.42 Å². The zero-order chi connectivity index (χ0) is 14.6. The van der Waals surface area contributed by atoms with Crippen molar-refractivity contribution < 1.29 is 37.8 Å². The van der Waals surface area contributed by atoms with E-state index in [0.717, 1.165) is 6.08 Å². The van der Waals surface area contributed by atoms with E-state index in [9.17, 15) is 14.2 Å². The highest BCUT2D eigenvalue weighted by molar-refractivity contribution is 7.60. The van der Waals surface area contributed by atoms with Crippen molar-refractivity contribution in [3.63, 3.8) is 0 Å². The molecule has 0 amide bonds. The third kappa shape index (κ3) is 5.56. The van der Waals surface area contributed by atoms with Crippen LogP contribution in [0, 0.1) is 5.92 Å². The fraction of sp³-hybridized carbons (Fsp3) is 0.500. The molecule has 0 bridgehead atoms. The number of aliphatic hydroxyl groups is 1. The molecule has 0 rings (SSSR count). The van der Waals surface area contributed by atoms with Crippen LogP contribution in [0.2, 0.25) is 0 Å². The normalized spacial score (nSPS) is 20.5. The van der Waals surface area contributed by atoms with Gasteiger partial charge in [-0.15, -0.1) is 6.58 Å². The molecule has 0 aliphatic heterocycles. The van der Waals surface area contributed by atoms with Crippen LogP contribution in [-0.4, -0.2) is 25.6 Å². The molecule has 10 heteroatoms. The Balaban J connectivity index is 5.13. The Bertz CT molecular complexity index is 402. The first-order valence-electron chi connectivity index (χ1n) is 4.78. The fourth-order valence-electron chi connectivity index (χ4n) is 1.22. The van der Waals surface area contributed by atoms with Gasteiger partial charge in [-0.3, -0.25) is 0 Å². The van der Waals surface area contributed by atoms with Crippen molar-refractivity contribution in [3.05, 3.63) is 25.3 Å². The van der Waals surface area contributed by atoms with Crippen molar-refractivity contribution >= 4 is 15.6 Å². The standard InChI is InChI=1S/C8H16O8P2/c1-4-7(5-2)8(9,6-3)15-18(13,14)16-17(10,11)12/h4,6-7,9H,1,3,5H2,2H3,(H,13,14)(H2,10,11,12). The lowest BCUT2D eigenvalue weighted by Gasteiger charge is -2.31. The quantitative estimate of drug-likeness (QED) is 0.299. The maximum Gasteiger partial charge on any atom is 0.483 e. The summed E-state index contributed by atoms with van der Waals surface area (Å²) in [5.41, 5.74) is 0. The van der Waals surface area contributed by atoms with Crippen molar-refractivity contribution in [2.75, 3.05) is 0 Å². The van der Waals surface area contributed by atoms with E-state index in [0.29, 0.717) is 0 Å². The van der Waals surface area contributed by atoms with Crippen LogP contribution in [0.4, 0.5) is 0 Å². The molecule has 106 valence electrons. The van der Waals surface area contributed by atoms with Crippen LogP contribution < -0.4 is 0 Å². The molecule has 0 fully saturated rings. The second-order valence-electron chi connectivity index (χ2n) is 3.34. The summed E-state index contributed by atoms with van der Waals surface area (Å²) in [5.74, 6) is -3.13. The zero-order valence-corrected chi connectivity index (χ0v) is 11.5. The van der Waals surface area contributed by atoms with Crippen LogP contribution in [0.15, 0.2) is 25.3 Å². The zero-order valence-electron chi connectivity index (χ0n) is 9.67. The SMILES string of the molecule is C=CC(CC)C(O)(C=C)OP(=O)(O)OP(=O)(O)O. The predicted octanol–water partition coefficient (Wildman–Crippen LogP) is 1.30. The summed E-state index contributed by atoms with van der Waals surface area (Å²) >= 11 is 0. The van der Waals surface area contributed by atoms with Gasteiger partial charge in [0.2, 0.25) is 5.79 Å². The van der Waals surface area contributed by atoms with Crippen LogP contribution in [0.5, 0.6) is 0 Å². The van der Waals surface area contributed by atoms with E-state index < -0.39 is 27.4 Å². The van der Waals surface area contributed by atoms with Crippen LogP contribution in [0.1, 0.15) is 13.3 Å². The minimum absolute atomic E-state index is 0.280. The van der Waals surface area contributed by atoms with Crippen LogP contribution in [0.25, 0.3) is 0 Å². The molecule has 0 aliphatic rings. The number of phosphoric ester groups is 1. The van der Waals surface area contributed by atoms with Gasteiger partial charge < -0.3 is 19.8 Å². The van der Waals surface area contributed by atoms with Gasteiger partial charge in [0, 0.05) is 5.92 Å². The molecular weight excluding hydrogens is 286 g/mol. The van der Waals surface area contributed by atoms with Gasteiger partial charge in [0.15, 0.2) is 0 Å². The third-order valence-electron chi connectivity index (χ3n) is 2.02. The highest BCUT2D eigenvalue weighted by atomic mass is 31.3. The Morgan fingerprint density at radius 3 is 2.11 bits per heavy atom. The summed E-state index contributed by atoms with van der Waals surface area (Å²) in [7, 11) is -10.4. The summed E-state index contributed by atoms with van der Waals surface area (Å²) in [6.45, 7) is 8.26. The van der Waals surface area contributed by atoms with Crippen LogP contribution >= 0.6 is 15.6 Å². The van der Waals surface area contributed by atoms with Crippen molar-refractivity contribution in [3.8, 4) is 0 Å². The average Bonchev–Trinajstić information content (AvgIpc) is 2.14. The van der Waals surface area contributed by atoms with Gasteiger partial charge in [-0.25, -0.2) is 13.7 Å². The smallest absolute Gasteiger partial charge is 0.361 e. The van der Waals surface area contributed by atoms with E-state index in [1.165, 1.54) is 6.08 Å². The maximum atomic E-state index is 11.3. The molecule has 0 saturated heterocycles. The minimum Gasteiger partial charge on any atom is -0.361 e.